The first-order valence-corrected chi connectivity index (χ1v) is 16.8. The van der Waals surface area contributed by atoms with Gasteiger partial charge in [-0.3, -0.25) is 0 Å². The highest BCUT2D eigenvalue weighted by Crippen LogP contribution is 2.42. The van der Waals surface area contributed by atoms with Crippen molar-refractivity contribution >= 4 is 5.57 Å². The van der Waals surface area contributed by atoms with Crippen LogP contribution in [0.4, 0.5) is 13.2 Å². The molecule has 3 aromatic rings. The van der Waals surface area contributed by atoms with Crippen LogP contribution in [0.2, 0.25) is 0 Å². The second-order valence-corrected chi connectivity index (χ2v) is 12.8. The minimum absolute atomic E-state index is 0.0987. The maximum absolute atomic E-state index is 15.4. The molecule has 2 aliphatic carbocycles. The Bertz CT molecular complexity index is 1430. The van der Waals surface area contributed by atoms with E-state index in [1.165, 1.54) is 75.5 Å². The third-order valence-electron chi connectivity index (χ3n) is 9.90. The standard InChI is InChI=1S/C40H47F3O/c1-3-5-7-9-28-10-12-29(13-11-28)30-14-16-31(17-15-30)34-22-23-35(37(41)27-34)32-18-20-33(21-19-32)36-24-25-38(40(43)39(36)42)44-26-8-6-4-2/h4,6,16,18-25,27-30H,3,5,7-15,17,26H2,1-2H3. The number of benzene rings is 3. The number of hydrogen-bond acceptors (Lipinski definition) is 1. The summed E-state index contributed by atoms with van der Waals surface area (Å²) in [5.41, 5.74) is 4.09. The van der Waals surface area contributed by atoms with Crippen molar-refractivity contribution in [3.05, 3.63) is 95.8 Å². The van der Waals surface area contributed by atoms with Gasteiger partial charge in [0.25, 0.3) is 0 Å². The van der Waals surface area contributed by atoms with E-state index in [0.717, 1.165) is 36.2 Å². The summed E-state index contributed by atoms with van der Waals surface area (Å²) >= 11 is 0. The van der Waals surface area contributed by atoms with Gasteiger partial charge in [-0.05, 0) is 104 Å². The van der Waals surface area contributed by atoms with Crippen LogP contribution in [0, 0.1) is 35.2 Å². The predicted molar refractivity (Wildman–Crippen MR) is 177 cm³/mol. The maximum Gasteiger partial charge on any atom is 0.201 e. The number of halogens is 3. The molecule has 0 amide bonds. The molecule has 1 fully saturated rings. The van der Waals surface area contributed by atoms with Gasteiger partial charge in [-0.2, -0.15) is 4.39 Å². The van der Waals surface area contributed by atoms with Crippen molar-refractivity contribution < 1.29 is 17.9 Å². The van der Waals surface area contributed by atoms with Crippen LogP contribution in [0.15, 0.2) is 72.8 Å². The zero-order chi connectivity index (χ0) is 30.9. The number of rotatable bonds is 12. The first-order valence-electron chi connectivity index (χ1n) is 16.8. The summed E-state index contributed by atoms with van der Waals surface area (Å²) in [4.78, 5) is 0. The average molecular weight is 601 g/mol. The molecule has 0 aliphatic heterocycles. The molecule has 1 saturated carbocycles. The second kappa shape index (κ2) is 15.6. The van der Waals surface area contributed by atoms with Gasteiger partial charge in [0, 0.05) is 11.1 Å². The van der Waals surface area contributed by atoms with Gasteiger partial charge >= 0.3 is 0 Å². The largest absolute Gasteiger partial charge is 0.490 e. The van der Waals surface area contributed by atoms with E-state index in [1.54, 1.807) is 30.3 Å². The fraction of sp³-hybridized carbons (Fsp3) is 0.450. The molecule has 0 bridgehead atoms. The molecule has 0 aromatic heterocycles. The quantitative estimate of drug-likeness (QED) is 0.148. The molecule has 234 valence electrons. The Balaban J connectivity index is 1.19. The first-order chi connectivity index (χ1) is 21.5. The number of allylic oxidation sites excluding steroid dienone is 3. The lowest BCUT2D eigenvalue weighted by molar-refractivity contribution is 0.187. The molecule has 4 heteroatoms. The average Bonchev–Trinajstić information content (AvgIpc) is 3.06. The highest BCUT2D eigenvalue weighted by molar-refractivity contribution is 5.74. The lowest BCUT2D eigenvalue weighted by Gasteiger charge is -2.35. The van der Waals surface area contributed by atoms with Crippen molar-refractivity contribution in [2.75, 3.05) is 6.61 Å². The topological polar surface area (TPSA) is 9.23 Å². The highest BCUT2D eigenvalue weighted by atomic mass is 19.2. The van der Waals surface area contributed by atoms with Gasteiger partial charge in [-0.25, -0.2) is 8.78 Å². The molecule has 5 rings (SSSR count). The molecule has 44 heavy (non-hydrogen) atoms. The van der Waals surface area contributed by atoms with E-state index in [1.807, 2.05) is 31.2 Å². The summed E-state index contributed by atoms with van der Waals surface area (Å²) in [5, 5.41) is 0. The maximum atomic E-state index is 15.4. The number of ether oxygens (including phenoxy) is 1. The van der Waals surface area contributed by atoms with Crippen LogP contribution in [0.1, 0.15) is 96.5 Å². The van der Waals surface area contributed by atoms with Crippen molar-refractivity contribution in [2.45, 2.75) is 90.9 Å². The molecular weight excluding hydrogens is 553 g/mol. The Morgan fingerprint density at radius 2 is 1.48 bits per heavy atom. The Labute approximate surface area is 262 Å². The SMILES string of the molecule is CC=CCCOc1ccc(-c2ccc(-c3ccc(C4=CCC(C5CCC(CCCCC)CC5)CC4)cc3F)cc2)c(F)c1F. The van der Waals surface area contributed by atoms with Gasteiger partial charge in [0.1, 0.15) is 5.82 Å². The normalized spacial score (nSPS) is 20.6. The number of unbranched alkanes of at least 4 members (excludes halogenated alkanes) is 2. The molecule has 0 radical (unpaired) electrons. The predicted octanol–water partition coefficient (Wildman–Crippen LogP) is 12.4. The fourth-order valence-corrected chi connectivity index (χ4v) is 7.22. The lowest BCUT2D eigenvalue weighted by atomic mass is 9.70. The third kappa shape index (κ3) is 7.86. The molecule has 0 heterocycles. The molecule has 1 unspecified atom stereocenters. The van der Waals surface area contributed by atoms with E-state index < -0.39 is 11.6 Å². The summed E-state index contributed by atoms with van der Waals surface area (Å²) < 4.78 is 50.3. The third-order valence-corrected chi connectivity index (χ3v) is 9.90. The van der Waals surface area contributed by atoms with Gasteiger partial charge in [-0.15, -0.1) is 0 Å². The molecule has 0 N–H and O–H groups in total. The fourth-order valence-electron chi connectivity index (χ4n) is 7.22. The summed E-state index contributed by atoms with van der Waals surface area (Å²) in [6.45, 7) is 4.45. The zero-order valence-electron chi connectivity index (χ0n) is 26.4. The van der Waals surface area contributed by atoms with Crippen LogP contribution in [0.5, 0.6) is 5.75 Å². The summed E-state index contributed by atoms with van der Waals surface area (Å²) in [5.74, 6) is 0.246. The van der Waals surface area contributed by atoms with E-state index >= 15 is 4.39 Å². The van der Waals surface area contributed by atoms with E-state index in [4.69, 9.17) is 4.74 Å². The van der Waals surface area contributed by atoms with Gasteiger partial charge in [0.15, 0.2) is 11.6 Å². The zero-order valence-corrected chi connectivity index (χ0v) is 26.4. The van der Waals surface area contributed by atoms with Crippen LogP contribution in [-0.4, -0.2) is 6.61 Å². The Kier molecular flexibility index (Phi) is 11.4. The first kappa shape index (κ1) is 32.1. The molecule has 0 saturated heterocycles. The Morgan fingerprint density at radius 1 is 0.773 bits per heavy atom. The van der Waals surface area contributed by atoms with Gasteiger partial charge in [0.05, 0.1) is 6.61 Å². The van der Waals surface area contributed by atoms with Crippen molar-refractivity contribution in [1.82, 2.24) is 0 Å². The smallest absolute Gasteiger partial charge is 0.201 e. The summed E-state index contributed by atoms with van der Waals surface area (Å²) in [7, 11) is 0. The van der Waals surface area contributed by atoms with Gasteiger partial charge in [-0.1, -0.05) is 100 Å². The lowest BCUT2D eigenvalue weighted by Crippen LogP contribution is -2.23. The van der Waals surface area contributed by atoms with Crippen LogP contribution in [0.3, 0.4) is 0 Å². The van der Waals surface area contributed by atoms with Crippen LogP contribution >= 0.6 is 0 Å². The van der Waals surface area contributed by atoms with Crippen molar-refractivity contribution in [3.63, 3.8) is 0 Å². The van der Waals surface area contributed by atoms with Crippen LogP contribution < -0.4 is 4.74 Å². The Morgan fingerprint density at radius 3 is 2.14 bits per heavy atom. The monoisotopic (exact) mass is 600 g/mol. The van der Waals surface area contributed by atoms with E-state index in [9.17, 15) is 8.78 Å². The molecule has 2 aliphatic rings. The minimum atomic E-state index is -0.998. The molecule has 1 atom stereocenters. The van der Waals surface area contributed by atoms with Gasteiger partial charge in [0.2, 0.25) is 5.82 Å². The summed E-state index contributed by atoms with van der Waals surface area (Å²) in [6.07, 6.45) is 21.1. The van der Waals surface area contributed by atoms with Crippen molar-refractivity contribution in [3.8, 4) is 28.0 Å². The van der Waals surface area contributed by atoms with Crippen LogP contribution in [0.25, 0.3) is 27.8 Å². The molecule has 0 spiro atoms. The second-order valence-electron chi connectivity index (χ2n) is 12.8. The highest BCUT2D eigenvalue weighted by Gasteiger charge is 2.29. The Hall–Kier alpha value is -3.27. The van der Waals surface area contributed by atoms with Crippen molar-refractivity contribution in [2.24, 2.45) is 17.8 Å². The van der Waals surface area contributed by atoms with Crippen molar-refractivity contribution in [1.29, 1.82) is 0 Å². The molecule has 3 aromatic carbocycles. The summed E-state index contributed by atoms with van der Waals surface area (Å²) in [6, 6.07) is 15.4. The van der Waals surface area contributed by atoms with E-state index in [2.05, 4.69) is 13.0 Å². The van der Waals surface area contributed by atoms with Crippen LogP contribution in [-0.2, 0) is 0 Å². The number of hydrogen-bond donors (Lipinski definition) is 0. The minimum Gasteiger partial charge on any atom is -0.490 e. The van der Waals surface area contributed by atoms with Gasteiger partial charge < -0.3 is 4.74 Å². The van der Waals surface area contributed by atoms with E-state index in [-0.39, 0.29) is 23.7 Å². The molecule has 1 nitrogen and oxygen atoms in total. The molecular formula is C40H47F3O. The van der Waals surface area contributed by atoms with E-state index in [0.29, 0.717) is 23.1 Å².